The minimum absolute atomic E-state index is 0. The van der Waals surface area contributed by atoms with Crippen molar-refractivity contribution in [1.29, 1.82) is 0 Å². The van der Waals surface area contributed by atoms with Crippen LogP contribution in [0.1, 0.15) is 61.6 Å². The molecule has 1 aromatic rings. The highest BCUT2D eigenvalue weighted by molar-refractivity contribution is 5.94. The van der Waals surface area contributed by atoms with E-state index in [4.69, 9.17) is 14.9 Å². The van der Waals surface area contributed by atoms with Crippen molar-refractivity contribution >= 4 is 18.3 Å². The van der Waals surface area contributed by atoms with Gasteiger partial charge in [0, 0.05) is 13.2 Å². The average molecular weight is 331 g/mol. The number of carbonyl (C=O) groups is 1. The number of ether oxygens (including phenoxy) is 1. The summed E-state index contributed by atoms with van der Waals surface area (Å²) in [4.78, 5) is 12.2. The monoisotopic (exact) mass is 330 g/mol. The Balaban J connectivity index is 0.00000242. The van der Waals surface area contributed by atoms with Crippen LogP contribution in [0, 0.1) is 0 Å². The molecule has 3 N–H and O–H groups in total. The predicted octanol–water partition coefficient (Wildman–Crippen LogP) is 3.02. The maximum atomic E-state index is 12.2. The molecule has 1 amide bonds. The first-order chi connectivity index (χ1) is 10.2. The summed E-state index contributed by atoms with van der Waals surface area (Å²) < 4.78 is 11.3. The molecular formula is C16H27ClN2O3. The van der Waals surface area contributed by atoms with Crippen LogP contribution < -0.4 is 11.1 Å². The minimum atomic E-state index is -0.190. The van der Waals surface area contributed by atoms with Crippen LogP contribution in [0.25, 0.3) is 0 Å². The van der Waals surface area contributed by atoms with Crippen LogP contribution in [0.5, 0.6) is 0 Å². The molecule has 126 valence electrons. The molecule has 2 rings (SSSR count). The van der Waals surface area contributed by atoms with Crippen LogP contribution in [0.2, 0.25) is 0 Å². The zero-order valence-corrected chi connectivity index (χ0v) is 14.0. The molecule has 22 heavy (non-hydrogen) atoms. The van der Waals surface area contributed by atoms with Gasteiger partial charge in [0.05, 0.1) is 17.7 Å². The third-order valence-corrected chi connectivity index (χ3v) is 4.07. The molecule has 6 heteroatoms. The molecule has 0 bridgehead atoms. The van der Waals surface area contributed by atoms with Gasteiger partial charge in [0.25, 0.3) is 5.91 Å². The molecule has 0 saturated heterocycles. The summed E-state index contributed by atoms with van der Waals surface area (Å²) in [6, 6.07) is 1.69. The number of rotatable bonds is 7. The summed E-state index contributed by atoms with van der Waals surface area (Å²) >= 11 is 0. The number of amides is 1. The van der Waals surface area contributed by atoms with Gasteiger partial charge in [0.2, 0.25) is 0 Å². The molecule has 0 radical (unpaired) electrons. The lowest BCUT2D eigenvalue weighted by Crippen LogP contribution is -2.46. The summed E-state index contributed by atoms with van der Waals surface area (Å²) in [5.41, 5.74) is 5.82. The van der Waals surface area contributed by atoms with E-state index in [9.17, 15) is 4.79 Å². The molecule has 0 spiro atoms. The Morgan fingerprint density at radius 2 is 2.14 bits per heavy atom. The lowest BCUT2D eigenvalue weighted by atomic mass is 9.84. The van der Waals surface area contributed by atoms with Gasteiger partial charge in [-0.3, -0.25) is 4.79 Å². The Hall–Kier alpha value is -1.04. The lowest BCUT2D eigenvalue weighted by Gasteiger charge is -2.37. The van der Waals surface area contributed by atoms with Crippen molar-refractivity contribution < 1.29 is 13.9 Å². The highest BCUT2D eigenvalue weighted by Gasteiger charge is 2.33. The molecule has 1 aromatic heterocycles. The van der Waals surface area contributed by atoms with E-state index < -0.39 is 0 Å². The zero-order chi connectivity index (χ0) is 15.1. The van der Waals surface area contributed by atoms with Crippen molar-refractivity contribution in [3.63, 3.8) is 0 Å². The third kappa shape index (κ3) is 5.00. The van der Waals surface area contributed by atoms with Crippen molar-refractivity contribution in [3.05, 3.63) is 23.7 Å². The number of nitrogens with two attached hydrogens (primary N) is 1. The molecule has 0 atom stereocenters. The summed E-state index contributed by atoms with van der Waals surface area (Å²) in [5, 5.41) is 2.99. The number of halogens is 1. The van der Waals surface area contributed by atoms with Crippen LogP contribution in [0.3, 0.4) is 0 Å². The fraction of sp³-hybridized carbons (Fsp3) is 0.688. The Morgan fingerprint density at radius 1 is 1.41 bits per heavy atom. The fourth-order valence-corrected chi connectivity index (χ4v) is 2.84. The van der Waals surface area contributed by atoms with Gasteiger partial charge in [0.15, 0.2) is 0 Å². The summed E-state index contributed by atoms with van der Waals surface area (Å²) in [5.74, 6) is 0.498. The van der Waals surface area contributed by atoms with Gasteiger partial charge in [-0.25, -0.2) is 0 Å². The van der Waals surface area contributed by atoms with Gasteiger partial charge >= 0.3 is 0 Å². The molecule has 0 aromatic carbocycles. The second-order valence-electron chi connectivity index (χ2n) is 5.78. The first-order valence-electron chi connectivity index (χ1n) is 7.89. The van der Waals surface area contributed by atoms with Gasteiger partial charge in [-0.1, -0.05) is 26.2 Å². The maximum absolute atomic E-state index is 12.2. The maximum Gasteiger partial charge on any atom is 0.254 e. The number of nitrogens with one attached hydrogen (secondary N) is 1. The Bertz CT molecular complexity index is 456. The average Bonchev–Trinajstić information content (AvgIpc) is 3.01. The molecule has 0 unspecified atom stereocenters. The first kappa shape index (κ1) is 19.0. The van der Waals surface area contributed by atoms with Crippen LogP contribution in [-0.4, -0.2) is 24.7 Å². The zero-order valence-electron chi connectivity index (χ0n) is 13.2. The first-order valence-corrected chi connectivity index (χ1v) is 7.89. The fourth-order valence-electron chi connectivity index (χ4n) is 2.84. The van der Waals surface area contributed by atoms with Crippen LogP contribution in [0.4, 0.5) is 0 Å². The SMILES string of the molecule is CCCOC1(CNC(=O)c2coc(CN)c2)CCCCC1.Cl. The minimum Gasteiger partial charge on any atom is -0.467 e. The highest BCUT2D eigenvalue weighted by atomic mass is 35.5. The van der Waals surface area contributed by atoms with Crippen LogP contribution in [0.15, 0.2) is 16.7 Å². The van der Waals surface area contributed by atoms with E-state index in [-0.39, 0.29) is 23.9 Å². The summed E-state index contributed by atoms with van der Waals surface area (Å²) in [7, 11) is 0. The van der Waals surface area contributed by atoms with Crippen molar-refractivity contribution in [2.45, 2.75) is 57.6 Å². The number of hydrogen-bond acceptors (Lipinski definition) is 4. The van der Waals surface area contributed by atoms with Gasteiger partial charge in [0.1, 0.15) is 12.0 Å². The van der Waals surface area contributed by atoms with E-state index in [1.165, 1.54) is 25.5 Å². The molecule has 1 aliphatic rings. The van der Waals surface area contributed by atoms with Gasteiger partial charge < -0.3 is 20.2 Å². The van der Waals surface area contributed by atoms with Crippen molar-refractivity contribution in [2.24, 2.45) is 5.73 Å². The molecular weight excluding hydrogens is 304 g/mol. The van der Waals surface area contributed by atoms with E-state index in [2.05, 4.69) is 12.2 Å². The molecule has 5 nitrogen and oxygen atoms in total. The van der Waals surface area contributed by atoms with Crippen molar-refractivity contribution in [2.75, 3.05) is 13.2 Å². The number of hydrogen-bond donors (Lipinski definition) is 2. The van der Waals surface area contributed by atoms with Crippen LogP contribution >= 0.6 is 12.4 Å². The van der Waals surface area contributed by atoms with Gasteiger partial charge in [-0.15, -0.1) is 12.4 Å². The Kier molecular flexibility index (Phi) is 7.93. The largest absolute Gasteiger partial charge is 0.467 e. The van der Waals surface area contributed by atoms with E-state index in [1.807, 2.05) is 0 Å². The Labute approximate surface area is 138 Å². The molecule has 1 aliphatic carbocycles. The van der Waals surface area contributed by atoms with E-state index in [0.717, 1.165) is 25.9 Å². The third-order valence-electron chi connectivity index (χ3n) is 4.07. The molecule has 1 saturated carbocycles. The summed E-state index contributed by atoms with van der Waals surface area (Å²) in [6.45, 7) is 3.72. The Morgan fingerprint density at radius 3 is 2.73 bits per heavy atom. The van der Waals surface area contributed by atoms with Gasteiger partial charge in [-0.2, -0.15) is 0 Å². The standard InChI is InChI=1S/C16H26N2O3.ClH/c1-2-8-21-16(6-4-3-5-7-16)12-18-15(19)13-9-14(10-17)20-11-13;/h9,11H,2-8,10,12,17H2,1H3,(H,18,19);1H. The topological polar surface area (TPSA) is 77.5 Å². The second-order valence-corrected chi connectivity index (χ2v) is 5.78. The van der Waals surface area contributed by atoms with Crippen LogP contribution in [-0.2, 0) is 11.3 Å². The number of carbonyl (C=O) groups excluding carboxylic acids is 1. The highest BCUT2D eigenvalue weighted by Crippen LogP contribution is 2.31. The van der Waals surface area contributed by atoms with Crippen molar-refractivity contribution in [3.8, 4) is 0 Å². The second kappa shape index (κ2) is 9.18. The molecule has 0 aliphatic heterocycles. The lowest BCUT2D eigenvalue weighted by molar-refractivity contribution is -0.0669. The predicted molar refractivity (Wildman–Crippen MR) is 88.2 cm³/mol. The summed E-state index contributed by atoms with van der Waals surface area (Å²) in [6.07, 6.45) is 8.09. The molecule has 1 heterocycles. The smallest absolute Gasteiger partial charge is 0.254 e. The molecule has 1 fully saturated rings. The quantitative estimate of drug-likeness (QED) is 0.805. The van der Waals surface area contributed by atoms with E-state index in [1.54, 1.807) is 6.07 Å². The number of furan rings is 1. The normalized spacial score (nSPS) is 16.8. The van der Waals surface area contributed by atoms with E-state index >= 15 is 0 Å². The van der Waals surface area contributed by atoms with Gasteiger partial charge in [-0.05, 0) is 25.3 Å². The van der Waals surface area contributed by atoms with E-state index in [0.29, 0.717) is 24.4 Å². The van der Waals surface area contributed by atoms with Crippen molar-refractivity contribution in [1.82, 2.24) is 5.32 Å².